The van der Waals surface area contributed by atoms with Crippen molar-refractivity contribution in [1.29, 1.82) is 0 Å². The highest BCUT2D eigenvalue weighted by Crippen LogP contribution is 2.26. The molecule has 0 aliphatic rings. The summed E-state index contributed by atoms with van der Waals surface area (Å²) in [4.78, 5) is 5.03. The molecule has 0 spiro atoms. The fourth-order valence-corrected chi connectivity index (χ4v) is 2.51. The van der Waals surface area contributed by atoms with Crippen molar-refractivity contribution in [1.82, 2.24) is 14.6 Å². The van der Waals surface area contributed by atoms with Crippen LogP contribution in [0.3, 0.4) is 0 Å². The van der Waals surface area contributed by atoms with Gasteiger partial charge >= 0.3 is 0 Å². The minimum absolute atomic E-state index is 0.521. The molecule has 0 fully saturated rings. The molecule has 0 aliphatic heterocycles. The smallest absolute Gasteiger partial charge is 0.138 e. The summed E-state index contributed by atoms with van der Waals surface area (Å²) >= 11 is 8.68. The number of rotatable bonds is 3. The van der Waals surface area contributed by atoms with Crippen LogP contribution in [0.5, 0.6) is 0 Å². The molecular weight excluding hydrogens is 252 g/mol. The molecule has 2 rings (SSSR count). The van der Waals surface area contributed by atoms with Gasteiger partial charge in [0.1, 0.15) is 15.8 Å². The highest BCUT2D eigenvalue weighted by molar-refractivity contribution is 7.98. The maximum atomic E-state index is 5.88. The summed E-state index contributed by atoms with van der Waals surface area (Å²) in [5, 5.41) is 3.92. The van der Waals surface area contributed by atoms with Gasteiger partial charge in [0.05, 0.1) is 0 Å². The van der Waals surface area contributed by atoms with Crippen molar-refractivity contribution in [3.63, 3.8) is 0 Å². The number of halogens is 1. The zero-order chi connectivity index (χ0) is 10.7. The van der Waals surface area contributed by atoms with Gasteiger partial charge in [-0.2, -0.15) is 0 Å². The lowest BCUT2D eigenvalue weighted by Crippen LogP contribution is -1.88. The van der Waals surface area contributed by atoms with Gasteiger partial charge in [-0.3, -0.25) is 0 Å². The molecule has 15 heavy (non-hydrogen) atoms. The Morgan fingerprint density at radius 2 is 2.33 bits per heavy atom. The van der Waals surface area contributed by atoms with E-state index in [2.05, 4.69) is 14.6 Å². The summed E-state index contributed by atoms with van der Waals surface area (Å²) in [5.41, 5.74) is 6.29. The molecule has 0 unspecified atom stereocenters. The first kappa shape index (κ1) is 10.7. The average Bonchev–Trinajstić information content (AvgIpc) is 2.63. The SMILES string of the molecule is Nc1ccc(SCc2nnsc2Cl)cn1. The Balaban J connectivity index is 1.99. The fourth-order valence-electron chi connectivity index (χ4n) is 0.912. The molecule has 4 nitrogen and oxygen atoms in total. The third-order valence-electron chi connectivity index (χ3n) is 1.64. The van der Waals surface area contributed by atoms with Gasteiger partial charge in [-0.05, 0) is 12.1 Å². The van der Waals surface area contributed by atoms with Gasteiger partial charge in [-0.1, -0.05) is 16.1 Å². The van der Waals surface area contributed by atoms with Crippen molar-refractivity contribution in [2.45, 2.75) is 10.6 Å². The Labute approximate surface area is 100 Å². The fraction of sp³-hybridized carbons (Fsp3) is 0.125. The van der Waals surface area contributed by atoms with E-state index in [0.717, 1.165) is 10.6 Å². The number of nitrogen functional groups attached to an aromatic ring is 1. The van der Waals surface area contributed by atoms with Gasteiger partial charge in [0.2, 0.25) is 0 Å². The van der Waals surface area contributed by atoms with Crippen LogP contribution in [0.1, 0.15) is 5.69 Å². The zero-order valence-corrected chi connectivity index (χ0v) is 9.94. The largest absolute Gasteiger partial charge is 0.384 e. The van der Waals surface area contributed by atoms with E-state index in [1.165, 1.54) is 11.5 Å². The number of pyridine rings is 1. The Morgan fingerprint density at radius 1 is 1.47 bits per heavy atom. The van der Waals surface area contributed by atoms with E-state index < -0.39 is 0 Å². The number of anilines is 1. The summed E-state index contributed by atoms with van der Waals surface area (Å²) in [7, 11) is 0. The number of nitrogens with zero attached hydrogens (tertiary/aromatic N) is 3. The molecule has 0 saturated carbocycles. The highest BCUT2D eigenvalue weighted by Gasteiger charge is 2.05. The summed E-state index contributed by atoms with van der Waals surface area (Å²) < 4.78 is 4.40. The summed E-state index contributed by atoms with van der Waals surface area (Å²) in [6.07, 6.45) is 1.73. The lowest BCUT2D eigenvalue weighted by molar-refractivity contribution is 1.07. The van der Waals surface area contributed by atoms with Crippen LogP contribution < -0.4 is 5.73 Å². The van der Waals surface area contributed by atoms with Crippen LogP contribution in [-0.4, -0.2) is 14.6 Å². The lowest BCUT2D eigenvalue weighted by Gasteiger charge is -1.98. The van der Waals surface area contributed by atoms with Crippen molar-refractivity contribution in [3.05, 3.63) is 28.4 Å². The molecule has 2 heterocycles. The van der Waals surface area contributed by atoms with E-state index in [-0.39, 0.29) is 0 Å². The Hall–Kier alpha value is -0.850. The molecule has 0 aliphatic carbocycles. The molecule has 2 aromatic rings. The maximum absolute atomic E-state index is 5.88. The second-order valence-corrected chi connectivity index (χ2v) is 5.11. The number of thioether (sulfide) groups is 1. The van der Waals surface area contributed by atoms with Crippen molar-refractivity contribution in [2.24, 2.45) is 0 Å². The summed E-state index contributed by atoms with van der Waals surface area (Å²) in [6, 6.07) is 3.68. The van der Waals surface area contributed by atoms with E-state index in [4.69, 9.17) is 17.3 Å². The number of hydrogen-bond donors (Lipinski definition) is 1. The summed E-state index contributed by atoms with van der Waals surface area (Å²) in [6.45, 7) is 0. The molecule has 0 amide bonds. The molecule has 0 saturated heterocycles. The third-order valence-corrected chi connectivity index (χ3v) is 3.62. The Kier molecular flexibility index (Phi) is 3.40. The predicted octanol–water partition coefficient (Wildman–Crippen LogP) is 2.46. The third kappa shape index (κ3) is 2.80. The van der Waals surface area contributed by atoms with Gasteiger partial charge in [-0.25, -0.2) is 4.98 Å². The van der Waals surface area contributed by atoms with Crippen LogP contribution >= 0.6 is 34.9 Å². The standard InChI is InChI=1S/C8H7ClN4S2/c9-8-6(12-13-15-8)4-14-5-1-2-7(10)11-3-5/h1-3H,4H2,(H2,10,11). The first-order valence-electron chi connectivity index (χ1n) is 4.07. The second-order valence-electron chi connectivity index (χ2n) is 2.70. The van der Waals surface area contributed by atoms with E-state index in [0.29, 0.717) is 15.9 Å². The minimum Gasteiger partial charge on any atom is -0.384 e. The van der Waals surface area contributed by atoms with Crippen molar-refractivity contribution in [3.8, 4) is 0 Å². The molecule has 78 valence electrons. The number of aromatic nitrogens is 3. The van der Waals surface area contributed by atoms with Gasteiger partial charge in [0.15, 0.2) is 0 Å². The first-order valence-corrected chi connectivity index (χ1v) is 6.20. The van der Waals surface area contributed by atoms with Crippen LogP contribution in [0.2, 0.25) is 4.34 Å². The van der Waals surface area contributed by atoms with Crippen molar-refractivity contribution < 1.29 is 0 Å². The topological polar surface area (TPSA) is 64.7 Å². The molecule has 7 heteroatoms. The molecule has 2 N–H and O–H groups in total. The Bertz CT molecular complexity index is 442. The van der Waals surface area contributed by atoms with Gasteiger partial charge in [0, 0.05) is 28.4 Å². The van der Waals surface area contributed by atoms with Crippen molar-refractivity contribution >= 4 is 40.7 Å². The first-order chi connectivity index (χ1) is 7.25. The normalized spacial score (nSPS) is 10.5. The van der Waals surface area contributed by atoms with Crippen LogP contribution in [0.25, 0.3) is 0 Å². The monoisotopic (exact) mass is 258 g/mol. The summed E-state index contributed by atoms with van der Waals surface area (Å²) in [5.74, 6) is 1.22. The van der Waals surface area contributed by atoms with E-state index in [1.807, 2.05) is 6.07 Å². The number of hydrogen-bond acceptors (Lipinski definition) is 6. The van der Waals surface area contributed by atoms with E-state index in [9.17, 15) is 0 Å². The minimum atomic E-state index is 0.521. The molecule has 0 bridgehead atoms. The average molecular weight is 259 g/mol. The maximum Gasteiger partial charge on any atom is 0.138 e. The second kappa shape index (κ2) is 4.78. The van der Waals surface area contributed by atoms with Gasteiger partial charge in [-0.15, -0.1) is 16.9 Å². The molecule has 0 atom stereocenters. The number of nitrogens with two attached hydrogens (primary N) is 1. The van der Waals surface area contributed by atoms with E-state index in [1.54, 1.807) is 24.0 Å². The van der Waals surface area contributed by atoms with Crippen LogP contribution in [0.4, 0.5) is 5.82 Å². The zero-order valence-electron chi connectivity index (χ0n) is 7.55. The van der Waals surface area contributed by atoms with Gasteiger partial charge in [0.25, 0.3) is 0 Å². The molecule has 2 aromatic heterocycles. The quantitative estimate of drug-likeness (QED) is 0.857. The Morgan fingerprint density at radius 3 is 2.93 bits per heavy atom. The van der Waals surface area contributed by atoms with E-state index >= 15 is 0 Å². The van der Waals surface area contributed by atoms with Crippen LogP contribution in [-0.2, 0) is 5.75 Å². The van der Waals surface area contributed by atoms with Crippen LogP contribution in [0.15, 0.2) is 23.2 Å². The molecule has 0 aromatic carbocycles. The van der Waals surface area contributed by atoms with Gasteiger partial charge < -0.3 is 5.73 Å². The lowest BCUT2D eigenvalue weighted by atomic mass is 10.5. The molecular formula is C8H7ClN4S2. The van der Waals surface area contributed by atoms with Crippen molar-refractivity contribution in [2.75, 3.05) is 5.73 Å². The predicted molar refractivity (Wildman–Crippen MR) is 63.1 cm³/mol. The molecule has 0 radical (unpaired) electrons. The highest BCUT2D eigenvalue weighted by atomic mass is 35.5. The van der Waals surface area contributed by atoms with Crippen LogP contribution in [0, 0.1) is 0 Å².